The Morgan fingerprint density at radius 2 is 1.04 bits per heavy atom. The van der Waals surface area contributed by atoms with E-state index in [9.17, 15) is 0 Å². The molecule has 7 aromatic carbocycles. The molecule has 2 aliphatic carbocycles. The van der Waals surface area contributed by atoms with Crippen LogP contribution in [0.4, 0.5) is 11.4 Å². The number of para-hydroxylation sites is 1. The third-order valence-electron chi connectivity index (χ3n) is 10.7. The third kappa shape index (κ3) is 4.23. The van der Waals surface area contributed by atoms with Crippen molar-refractivity contribution >= 4 is 38.9 Å². The summed E-state index contributed by atoms with van der Waals surface area (Å²) in [6, 6.07) is 61.4. The average molecular weight is 652 g/mol. The van der Waals surface area contributed by atoms with Crippen LogP contribution < -0.4 is 4.90 Å². The number of furan rings is 1. The van der Waals surface area contributed by atoms with Crippen molar-refractivity contribution in [1.29, 1.82) is 0 Å². The van der Waals surface area contributed by atoms with Gasteiger partial charge in [-0.2, -0.15) is 0 Å². The van der Waals surface area contributed by atoms with Gasteiger partial charge in [-0.05, 0) is 80.9 Å². The first-order chi connectivity index (χ1) is 25.3. The lowest BCUT2D eigenvalue weighted by Crippen LogP contribution is -2.35. The molecule has 1 aromatic heterocycles. The molecule has 0 radical (unpaired) electrons. The first-order valence-electron chi connectivity index (χ1n) is 17.5. The second-order valence-corrected chi connectivity index (χ2v) is 13.3. The van der Waals surface area contributed by atoms with Crippen LogP contribution in [-0.2, 0) is 5.41 Å². The Balaban J connectivity index is 1.33. The van der Waals surface area contributed by atoms with Gasteiger partial charge in [-0.3, -0.25) is 0 Å². The lowest BCUT2D eigenvalue weighted by atomic mass is 9.71. The van der Waals surface area contributed by atoms with E-state index in [0.717, 1.165) is 33.3 Å². The molecule has 0 N–H and O–H groups in total. The summed E-state index contributed by atoms with van der Waals surface area (Å²) in [6.45, 7) is 4.09. The molecule has 2 nitrogen and oxygen atoms in total. The molecular weight excluding hydrogens is 619 g/mol. The van der Waals surface area contributed by atoms with Crippen molar-refractivity contribution in [2.24, 2.45) is 0 Å². The predicted molar refractivity (Wildman–Crippen MR) is 212 cm³/mol. The second-order valence-electron chi connectivity index (χ2n) is 13.3. The summed E-state index contributed by atoms with van der Waals surface area (Å²) in [5.74, 6) is 0. The van der Waals surface area contributed by atoms with Crippen molar-refractivity contribution in [3.05, 3.63) is 223 Å². The van der Waals surface area contributed by atoms with Crippen LogP contribution in [0.15, 0.2) is 205 Å². The first kappa shape index (κ1) is 29.3. The largest absolute Gasteiger partial charge is 0.456 e. The number of fused-ring (bicyclic) bond motifs is 10. The SMILES string of the molecule is C=C/C=C\C1=C(N(c2ccc(-c3ccccc3)cc2)c2ccc3oc4ccccc4c3c2)C2(c3ccccc31)c1ccccc1-c1ccccc12. The quantitative estimate of drug-likeness (QED) is 0.166. The van der Waals surface area contributed by atoms with Gasteiger partial charge in [0, 0.05) is 27.7 Å². The van der Waals surface area contributed by atoms with Gasteiger partial charge in [-0.25, -0.2) is 0 Å². The van der Waals surface area contributed by atoms with Gasteiger partial charge in [0.1, 0.15) is 11.2 Å². The first-order valence-corrected chi connectivity index (χ1v) is 17.5. The van der Waals surface area contributed by atoms with Crippen molar-refractivity contribution in [2.75, 3.05) is 4.90 Å². The molecule has 0 saturated heterocycles. The number of hydrogen-bond acceptors (Lipinski definition) is 2. The van der Waals surface area contributed by atoms with Crippen molar-refractivity contribution in [1.82, 2.24) is 0 Å². The molecule has 8 aromatic rings. The maximum Gasteiger partial charge on any atom is 0.135 e. The molecule has 0 bridgehead atoms. The Bertz CT molecular complexity index is 2660. The highest BCUT2D eigenvalue weighted by molar-refractivity contribution is 6.07. The zero-order chi connectivity index (χ0) is 33.9. The molecule has 2 aliphatic rings. The average Bonchev–Trinajstić information content (AvgIpc) is 3.82. The molecule has 2 heteroatoms. The summed E-state index contributed by atoms with van der Waals surface area (Å²) in [6.07, 6.45) is 6.19. The number of anilines is 2. The van der Waals surface area contributed by atoms with Crippen LogP contribution in [0.25, 0.3) is 49.8 Å². The standard InChI is InChI=1S/C49H33NO/c1-2-3-17-41-39-20-9-13-24-45(39)49(43-22-11-7-18-37(43)38-19-8-12-23-44(38)49)48(41)50(35-28-26-34(27-29-35)33-15-5-4-6-16-33)36-30-31-47-42(32-36)40-21-10-14-25-46(40)51-47/h2-32H,1H2/b17-3-. The normalized spacial score (nSPS) is 14.0. The topological polar surface area (TPSA) is 16.4 Å². The minimum absolute atomic E-state index is 0.587. The summed E-state index contributed by atoms with van der Waals surface area (Å²) < 4.78 is 6.34. The van der Waals surface area contributed by atoms with E-state index < -0.39 is 5.41 Å². The van der Waals surface area contributed by atoms with E-state index >= 15 is 0 Å². The molecule has 0 unspecified atom stereocenters. The van der Waals surface area contributed by atoms with Gasteiger partial charge in [-0.1, -0.05) is 158 Å². The van der Waals surface area contributed by atoms with Crippen molar-refractivity contribution in [2.45, 2.75) is 5.41 Å². The van der Waals surface area contributed by atoms with E-state index in [4.69, 9.17) is 4.42 Å². The number of allylic oxidation sites excluding steroid dienone is 5. The molecule has 0 amide bonds. The molecule has 0 aliphatic heterocycles. The fraction of sp³-hybridized carbons (Fsp3) is 0.0204. The van der Waals surface area contributed by atoms with Crippen LogP contribution in [0, 0.1) is 0 Å². The molecule has 0 fully saturated rings. The van der Waals surface area contributed by atoms with Crippen LogP contribution in [0.3, 0.4) is 0 Å². The van der Waals surface area contributed by atoms with Gasteiger partial charge in [0.15, 0.2) is 0 Å². The van der Waals surface area contributed by atoms with E-state index in [1.54, 1.807) is 0 Å². The van der Waals surface area contributed by atoms with E-state index in [1.165, 1.54) is 55.8 Å². The molecule has 1 heterocycles. The number of rotatable bonds is 6. The monoisotopic (exact) mass is 651 g/mol. The number of nitrogens with zero attached hydrogens (tertiary/aromatic N) is 1. The molecule has 10 rings (SSSR count). The summed E-state index contributed by atoms with van der Waals surface area (Å²) in [4.78, 5) is 2.50. The van der Waals surface area contributed by atoms with Gasteiger partial charge >= 0.3 is 0 Å². The van der Waals surface area contributed by atoms with Crippen LogP contribution in [0.1, 0.15) is 22.3 Å². The smallest absolute Gasteiger partial charge is 0.135 e. The summed E-state index contributed by atoms with van der Waals surface area (Å²) in [5, 5.41) is 2.20. The maximum atomic E-state index is 6.34. The van der Waals surface area contributed by atoms with Gasteiger partial charge < -0.3 is 9.32 Å². The van der Waals surface area contributed by atoms with Crippen LogP contribution >= 0.6 is 0 Å². The summed E-state index contributed by atoms with van der Waals surface area (Å²) >= 11 is 0. The highest BCUT2D eigenvalue weighted by atomic mass is 16.3. The Labute approximate surface area is 297 Å². The van der Waals surface area contributed by atoms with Crippen molar-refractivity contribution in [3.63, 3.8) is 0 Å². The van der Waals surface area contributed by atoms with Gasteiger partial charge in [0.05, 0.1) is 11.1 Å². The second kappa shape index (κ2) is 11.5. The van der Waals surface area contributed by atoms with Crippen molar-refractivity contribution < 1.29 is 4.42 Å². The molecule has 0 atom stereocenters. The minimum Gasteiger partial charge on any atom is -0.456 e. The van der Waals surface area contributed by atoms with Crippen LogP contribution in [0.2, 0.25) is 0 Å². The molecular formula is C49H33NO. The molecule has 0 saturated carbocycles. The minimum atomic E-state index is -0.587. The van der Waals surface area contributed by atoms with Gasteiger partial charge in [0.2, 0.25) is 0 Å². The fourth-order valence-electron chi connectivity index (χ4n) is 8.60. The zero-order valence-corrected chi connectivity index (χ0v) is 28.0. The van der Waals surface area contributed by atoms with Gasteiger partial charge in [-0.15, -0.1) is 0 Å². The Morgan fingerprint density at radius 1 is 0.490 bits per heavy atom. The Hall–Kier alpha value is -6.64. The van der Waals surface area contributed by atoms with Gasteiger partial charge in [0.25, 0.3) is 0 Å². The van der Waals surface area contributed by atoms with E-state index in [-0.39, 0.29) is 0 Å². The third-order valence-corrected chi connectivity index (χ3v) is 10.7. The lowest BCUT2D eigenvalue weighted by Gasteiger charge is -2.39. The van der Waals surface area contributed by atoms with E-state index in [0.29, 0.717) is 0 Å². The highest BCUT2D eigenvalue weighted by Crippen LogP contribution is 2.64. The van der Waals surface area contributed by atoms with Crippen molar-refractivity contribution in [3.8, 4) is 22.3 Å². The fourth-order valence-corrected chi connectivity index (χ4v) is 8.60. The number of hydrogen-bond donors (Lipinski definition) is 0. The van der Waals surface area contributed by atoms with E-state index in [1.807, 2.05) is 18.2 Å². The molecule has 1 spiro atoms. The van der Waals surface area contributed by atoms with Crippen LogP contribution in [-0.4, -0.2) is 0 Å². The lowest BCUT2D eigenvalue weighted by molar-refractivity contribution is 0.669. The Morgan fingerprint density at radius 3 is 1.75 bits per heavy atom. The molecule has 240 valence electrons. The number of benzene rings is 7. The zero-order valence-electron chi connectivity index (χ0n) is 28.0. The predicted octanol–water partition coefficient (Wildman–Crippen LogP) is 12.9. The summed E-state index contributed by atoms with van der Waals surface area (Å²) in [7, 11) is 0. The summed E-state index contributed by atoms with van der Waals surface area (Å²) in [5.41, 5.74) is 15.7. The maximum absolute atomic E-state index is 6.34. The molecule has 51 heavy (non-hydrogen) atoms. The van der Waals surface area contributed by atoms with E-state index in [2.05, 4.69) is 181 Å². The van der Waals surface area contributed by atoms with Crippen LogP contribution in [0.5, 0.6) is 0 Å². The highest BCUT2D eigenvalue weighted by Gasteiger charge is 2.54. The Kier molecular flexibility index (Phi) is 6.59.